The molecule has 1 aliphatic carbocycles. The van der Waals surface area contributed by atoms with Crippen LogP contribution in [0.4, 0.5) is 0 Å². The normalized spacial score (nSPS) is 18.3. The summed E-state index contributed by atoms with van der Waals surface area (Å²) in [5.41, 5.74) is 2.39. The van der Waals surface area contributed by atoms with Gasteiger partial charge in [0.1, 0.15) is 18.9 Å². The van der Waals surface area contributed by atoms with Crippen molar-refractivity contribution in [1.29, 1.82) is 0 Å². The predicted octanol–water partition coefficient (Wildman–Crippen LogP) is 3.13. The van der Waals surface area contributed by atoms with E-state index in [1.807, 2.05) is 30.3 Å². The lowest BCUT2D eigenvalue weighted by atomic mass is 10.1. The van der Waals surface area contributed by atoms with Crippen molar-refractivity contribution in [3.8, 4) is 5.75 Å². The standard InChI is InChI=1S/C21H21N3O2/c25-21(13-24-11-10-22-15-24)23-20-12-19(20)17-6-8-18(9-7-17)26-14-16-4-2-1-3-5-16/h1-11,15,19-20H,12-14H2,(H,23,25)/t19-,20-/m0/s1. The Balaban J connectivity index is 1.26. The Morgan fingerprint density at radius 2 is 1.96 bits per heavy atom. The third-order valence-electron chi connectivity index (χ3n) is 4.58. The molecule has 1 N–H and O–H groups in total. The van der Waals surface area contributed by atoms with Gasteiger partial charge in [0.05, 0.1) is 6.33 Å². The van der Waals surface area contributed by atoms with Gasteiger partial charge in [0, 0.05) is 24.4 Å². The zero-order valence-electron chi connectivity index (χ0n) is 14.4. The molecule has 0 saturated heterocycles. The number of carbonyl (C=O) groups is 1. The number of hydrogen-bond acceptors (Lipinski definition) is 3. The lowest BCUT2D eigenvalue weighted by Gasteiger charge is -2.08. The van der Waals surface area contributed by atoms with Gasteiger partial charge in [-0.15, -0.1) is 0 Å². The average molecular weight is 347 g/mol. The molecule has 0 unspecified atom stereocenters. The second-order valence-electron chi connectivity index (χ2n) is 6.59. The number of carbonyl (C=O) groups excluding carboxylic acids is 1. The largest absolute Gasteiger partial charge is 0.489 e. The maximum atomic E-state index is 12.0. The highest BCUT2D eigenvalue weighted by molar-refractivity contribution is 5.76. The summed E-state index contributed by atoms with van der Waals surface area (Å²) in [5, 5.41) is 3.08. The number of nitrogens with one attached hydrogen (secondary N) is 1. The summed E-state index contributed by atoms with van der Waals surface area (Å²) in [6.45, 7) is 0.881. The highest BCUT2D eigenvalue weighted by Crippen LogP contribution is 2.41. The number of benzene rings is 2. The van der Waals surface area contributed by atoms with Crippen LogP contribution in [0, 0.1) is 0 Å². The third-order valence-corrected chi connectivity index (χ3v) is 4.58. The van der Waals surface area contributed by atoms with Gasteiger partial charge in [-0.1, -0.05) is 42.5 Å². The minimum atomic E-state index is 0.0262. The SMILES string of the molecule is O=C(Cn1ccnc1)N[C@H]1C[C@H]1c1ccc(OCc2ccccc2)cc1. The molecule has 0 bridgehead atoms. The first kappa shape index (κ1) is 16.4. The van der Waals surface area contributed by atoms with E-state index in [1.165, 1.54) is 5.56 Å². The minimum absolute atomic E-state index is 0.0262. The summed E-state index contributed by atoms with van der Waals surface area (Å²) in [7, 11) is 0. The van der Waals surface area contributed by atoms with Crippen molar-refractivity contribution in [3.63, 3.8) is 0 Å². The molecule has 1 amide bonds. The van der Waals surface area contributed by atoms with Crippen LogP contribution in [0.5, 0.6) is 5.75 Å². The van der Waals surface area contributed by atoms with Crippen molar-refractivity contribution in [2.45, 2.75) is 31.5 Å². The molecule has 5 heteroatoms. The van der Waals surface area contributed by atoms with Gasteiger partial charge in [0.2, 0.25) is 5.91 Å². The molecule has 0 aliphatic heterocycles. The second-order valence-corrected chi connectivity index (χ2v) is 6.59. The van der Waals surface area contributed by atoms with Crippen molar-refractivity contribution in [2.75, 3.05) is 0 Å². The van der Waals surface area contributed by atoms with Gasteiger partial charge in [-0.25, -0.2) is 4.98 Å². The summed E-state index contributed by atoms with van der Waals surface area (Å²) < 4.78 is 7.59. The van der Waals surface area contributed by atoms with Gasteiger partial charge in [-0.3, -0.25) is 4.79 Å². The number of nitrogens with zero attached hydrogens (tertiary/aromatic N) is 2. The van der Waals surface area contributed by atoms with Crippen molar-refractivity contribution >= 4 is 5.91 Å². The van der Waals surface area contributed by atoms with E-state index in [-0.39, 0.29) is 11.9 Å². The van der Waals surface area contributed by atoms with Crippen LogP contribution in [0.2, 0.25) is 0 Å². The van der Waals surface area contributed by atoms with E-state index in [0.717, 1.165) is 17.7 Å². The molecule has 1 aromatic heterocycles. The second kappa shape index (κ2) is 7.44. The number of rotatable bonds is 7. The zero-order chi connectivity index (χ0) is 17.8. The minimum Gasteiger partial charge on any atom is -0.489 e. The molecule has 1 fully saturated rings. The molecule has 132 valence electrons. The zero-order valence-corrected chi connectivity index (χ0v) is 14.4. The molecule has 1 heterocycles. The summed E-state index contributed by atoms with van der Waals surface area (Å²) in [5.74, 6) is 1.28. The Morgan fingerprint density at radius 3 is 2.69 bits per heavy atom. The number of aromatic nitrogens is 2. The average Bonchev–Trinajstić information content (AvgIpc) is 3.23. The smallest absolute Gasteiger partial charge is 0.240 e. The molecule has 4 rings (SSSR count). The number of hydrogen-bond donors (Lipinski definition) is 1. The molecular weight excluding hydrogens is 326 g/mol. The fraction of sp³-hybridized carbons (Fsp3) is 0.238. The molecule has 0 radical (unpaired) electrons. The highest BCUT2D eigenvalue weighted by atomic mass is 16.5. The Morgan fingerprint density at radius 1 is 1.15 bits per heavy atom. The first-order valence-corrected chi connectivity index (χ1v) is 8.80. The van der Waals surface area contributed by atoms with Crippen LogP contribution in [0.3, 0.4) is 0 Å². The van der Waals surface area contributed by atoms with Gasteiger partial charge in [-0.05, 0) is 29.7 Å². The number of ether oxygens (including phenoxy) is 1. The molecule has 1 aliphatic rings. The summed E-state index contributed by atoms with van der Waals surface area (Å²) in [6.07, 6.45) is 6.10. The van der Waals surface area contributed by atoms with E-state index in [4.69, 9.17) is 4.74 Å². The quantitative estimate of drug-likeness (QED) is 0.714. The van der Waals surface area contributed by atoms with E-state index in [2.05, 4.69) is 34.6 Å². The van der Waals surface area contributed by atoms with Gasteiger partial charge < -0.3 is 14.6 Å². The predicted molar refractivity (Wildman–Crippen MR) is 98.7 cm³/mol. The lowest BCUT2D eigenvalue weighted by molar-refractivity contribution is -0.121. The summed E-state index contributed by atoms with van der Waals surface area (Å²) in [6, 6.07) is 18.5. The fourth-order valence-corrected chi connectivity index (χ4v) is 3.07. The van der Waals surface area contributed by atoms with Crippen LogP contribution in [0.15, 0.2) is 73.3 Å². The first-order valence-electron chi connectivity index (χ1n) is 8.80. The molecule has 5 nitrogen and oxygen atoms in total. The fourth-order valence-electron chi connectivity index (χ4n) is 3.07. The monoisotopic (exact) mass is 347 g/mol. The van der Waals surface area contributed by atoms with E-state index in [1.54, 1.807) is 23.3 Å². The molecule has 3 aromatic rings. The van der Waals surface area contributed by atoms with Crippen LogP contribution in [-0.2, 0) is 17.9 Å². The van der Waals surface area contributed by atoms with Crippen LogP contribution in [0.1, 0.15) is 23.5 Å². The van der Waals surface area contributed by atoms with Gasteiger partial charge in [-0.2, -0.15) is 0 Å². The molecule has 2 atom stereocenters. The lowest BCUT2D eigenvalue weighted by Crippen LogP contribution is -2.29. The van der Waals surface area contributed by atoms with Crippen LogP contribution < -0.4 is 10.1 Å². The van der Waals surface area contributed by atoms with Gasteiger partial charge >= 0.3 is 0 Å². The van der Waals surface area contributed by atoms with Crippen LogP contribution in [-0.4, -0.2) is 21.5 Å². The number of imidazole rings is 1. The molecule has 0 spiro atoms. The molecule has 26 heavy (non-hydrogen) atoms. The van der Waals surface area contributed by atoms with Crippen molar-refractivity contribution in [1.82, 2.24) is 14.9 Å². The van der Waals surface area contributed by atoms with Crippen LogP contribution >= 0.6 is 0 Å². The first-order chi connectivity index (χ1) is 12.8. The van der Waals surface area contributed by atoms with E-state index in [0.29, 0.717) is 19.1 Å². The van der Waals surface area contributed by atoms with Crippen molar-refractivity contribution in [2.24, 2.45) is 0 Å². The summed E-state index contributed by atoms with van der Waals surface area (Å²) >= 11 is 0. The van der Waals surface area contributed by atoms with E-state index < -0.39 is 0 Å². The molecule has 2 aromatic carbocycles. The van der Waals surface area contributed by atoms with E-state index in [9.17, 15) is 4.79 Å². The van der Waals surface area contributed by atoms with E-state index >= 15 is 0 Å². The summed E-state index contributed by atoms with van der Waals surface area (Å²) in [4.78, 5) is 16.0. The van der Waals surface area contributed by atoms with Crippen LogP contribution in [0.25, 0.3) is 0 Å². The van der Waals surface area contributed by atoms with Gasteiger partial charge in [0.15, 0.2) is 0 Å². The third kappa shape index (κ3) is 4.11. The van der Waals surface area contributed by atoms with Crippen molar-refractivity contribution in [3.05, 3.63) is 84.4 Å². The Kier molecular flexibility index (Phi) is 4.69. The van der Waals surface area contributed by atoms with Gasteiger partial charge in [0.25, 0.3) is 0 Å². The Labute approximate surface area is 152 Å². The molecular formula is C21H21N3O2. The Hall–Kier alpha value is -3.08. The highest BCUT2D eigenvalue weighted by Gasteiger charge is 2.39. The number of amides is 1. The molecule has 1 saturated carbocycles. The van der Waals surface area contributed by atoms with Crippen molar-refractivity contribution < 1.29 is 9.53 Å². The maximum Gasteiger partial charge on any atom is 0.240 e. The Bertz CT molecular complexity index is 845. The maximum absolute atomic E-state index is 12.0. The topological polar surface area (TPSA) is 56.2 Å².